The fourth-order valence-corrected chi connectivity index (χ4v) is 1.60. The third-order valence-electron chi connectivity index (χ3n) is 2.22. The molecule has 0 unspecified atom stereocenters. The Hall–Kier alpha value is -1.62. The Bertz CT molecular complexity index is 520. The molecule has 1 aromatic carbocycles. The lowest BCUT2D eigenvalue weighted by Crippen LogP contribution is -2.04. The zero-order chi connectivity index (χ0) is 12.3. The Labute approximate surface area is 107 Å². The molecule has 1 heterocycles. The predicted octanol–water partition coefficient (Wildman–Crippen LogP) is 2.54. The summed E-state index contributed by atoms with van der Waals surface area (Å²) in [6, 6.07) is 7.63. The lowest BCUT2D eigenvalue weighted by molar-refractivity contribution is 0.0472. The van der Waals surface area contributed by atoms with Gasteiger partial charge in [-0.05, 0) is 17.7 Å². The zero-order valence-corrected chi connectivity index (χ0v) is 10.8. The number of carbonyl (C=O) groups is 1. The molecule has 2 rings (SSSR count). The molecule has 0 aliphatic heterocycles. The molecule has 0 saturated heterocycles. The Morgan fingerprint density at radius 2 is 2.12 bits per heavy atom. The van der Waals surface area contributed by atoms with Gasteiger partial charge in [-0.2, -0.15) is 5.10 Å². The maximum Gasteiger partial charge on any atom is 0.341 e. The van der Waals surface area contributed by atoms with Crippen molar-refractivity contribution in [3.05, 3.63) is 52.3 Å². The first-order valence-corrected chi connectivity index (χ1v) is 5.84. The van der Waals surface area contributed by atoms with Crippen LogP contribution >= 0.6 is 15.9 Å². The Balaban J connectivity index is 1.94. The third kappa shape index (κ3) is 3.17. The molecule has 0 saturated carbocycles. The van der Waals surface area contributed by atoms with Crippen LogP contribution in [0.15, 0.2) is 41.1 Å². The van der Waals surface area contributed by atoms with Gasteiger partial charge >= 0.3 is 5.97 Å². The molecule has 4 nitrogen and oxygen atoms in total. The summed E-state index contributed by atoms with van der Waals surface area (Å²) in [5.41, 5.74) is 1.41. The van der Waals surface area contributed by atoms with Crippen molar-refractivity contribution in [3.63, 3.8) is 0 Å². The molecule has 2 aromatic rings. The number of hydrogen-bond donors (Lipinski definition) is 0. The quantitative estimate of drug-likeness (QED) is 0.817. The predicted molar refractivity (Wildman–Crippen MR) is 66.5 cm³/mol. The van der Waals surface area contributed by atoms with Crippen molar-refractivity contribution < 1.29 is 9.53 Å². The van der Waals surface area contributed by atoms with Crippen LogP contribution in [0, 0.1) is 0 Å². The number of halogens is 1. The van der Waals surface area contributed by atoms with Crippen molar-refractivity contribution >= 4 is 21.9 Å². The second-order valence-electron chi connectivity index (χ2n) is 3.61. The summed E-state index contributed by atoms with van der Waals surface area (Å²) in [5.74, 6) is -0.360. The number of carbonyl (C=O) groups excluding carboxylic acids is 1. The fourth-order valence-electron chi connectivity index (χ4n) is 1.34. The van der Waals surface area contributed by atoms with Crippen molar-refractivity contribution in [2.45, 2.75) is 6.61 Å². The van der Waals surface area contributed by atoms with E-state index in [9.17, 15) is 4.79 Å². The van der Waals surface area contributed by atoms with E-state index in [1.807, 2.05) is 24.3 Å². The molecule has 0 N–H and O–H groups in total. The summed E-state index contributed by atoms with van der Waals surface area (Å²) in [7, 11) is 1.76. The number of benzene rings is 1. The van der Waals surface area contributed by atoms with E-state index in [1.165, 1.54) is 6.20 Å². The summed E-state index contributed by atoms with van der Waals surface area (Å²) in [4.78, 5) is 11.6. The van der Waals surface area contributed by atoms with Gasteiger partial charge in [0.05, 0.1) is 11.8 Å². The van der Waals surface area contributed by atoms with E-state index < -0.39 is 0 Å². The number of nitrogens with zero attached hydrogens (tertiary/aromatic N) is 2. The van der Waals surface area contributed by atoms with E-state index in [0.717, 1.165) is 10.0 Å². The van der Waals surface area contributed by atoms with Crippen molar-refractivity contribution in [2.24, 2.45) is 7.05 Å². The number of aryl methyl sites for hydroxylation is 1. The minimum Gasteiger partial charge on any atom is -0.457 e. The molecule has 0 radical (unpaired) electrons. The van der Waals surface area contributed by atoms with Gasteiger partial charge < -0.3 is 4.74 Å². The van der Waals surface area contributed by atoms with Crippen LogP contribution in [0.1, 0.15) is 15.9 Å². The lowest BCUT2D eigenvalue weighted by atomic mass is 10.2. The minimum atomic E-state index is -0.360. The molecule has 0 atom stereocenters. The maximum absolute atomic E-state index is 11.6. The van der Waals surface area contributed by atoms with Gasteiger partial charge in [-0.1, -0.05) is 28.1 Å². The van der Waals surface area contributed by atoms with Crippen LogP contribution in [0.2, 0.25) is 0 Å². The van der Waals surface area contributed by atoms with Gasteiger partial charge in [0.2, 0.25) is 0 Å². The van der Waals surface area contributed by atoms with E-state index in [-0.39, 0.29) is 12.6 Å². The van der Waals surface area contributed by atoms with Gasteiger partial charge in [0.1, 0.15) is 6.61 Å². The standard InChI is InChI=1S/C12H11BrN2O2/c1-15-7-10(6-14-15)12(16)17-8-9-2-4-11(13)5-3-9/h2-7H,8H2,1H3. The highest BCUT2D eigenvalue weighted by Gasteiger charge is 2.09. The van der Waals surface area contributed by atoms with Crippen LogP contribution in [-0.2, 0) is 18.4 Å². The van der Waals surface area contributed by atoms with Crippen molar-refractivity contribution in [3.8, 4) is 0 Å². The van der Waals surface area contributed by atoms with Crippen LogP contribution in [0.3, 0.4) is 0 Å². The van der Waals surface area contributed by atoms with Crippen LogP contribution in [0.25, 0.3) is 0 Å². The second-order valence-corrected chi connectivity index (χ2v) is 4.52. The molecule has 5 heteroatoms. The van der Waals surface area contributed by atoms with Gasteiger partial charge in [0, 0.05) is 17.7 Å². The molecule has 0 aliphatic carbocycles. The molecule has 88 valence electrons. The Morgan fingerprint density at radius 3 is 2.71 bits per heavy atom. The normalized spacial score (nSPS) is 10.2. The van der Waals surface area contributed by atoms with Crippen molar-refractivity contribution in [1.82, 2.24) is 9.78 Å². The molecular weight excluding hydrogens is 284 g/mol. The summed E-state index contributed by atoms with van der Waals surface area (Å²) in [5, 5.41) is 3.91. The highest BCUT2D eigenvalue weighted by molar-refractivity contribution is 9.10. The van der Waals surface area contributed by atoms with Crippen LogP contribution in [0.5, 0.6) is 0 Å². The van der Waals surface area contributed by atoms with E-state index in [4.69, 9.17) is 4.74 Å². The van der Waals surface area contributed by atoms with E-state index in [0.29, 0.717) is 5.56 Å². The fraction of sp³-hybridized carbons (Fsp3) is 0.167. The van der Waals surface area contributed by atoms with E-state index in [2.05, 4.69) is 21.0 Å². The number of rotatable bonds is 3. The molecule has 1 aromatic heterocycles. The monoisotopic (exact) mass is 294 g/mol. The number of hydrogen-bond acceptors (Lipinski definition) is 3. The van der Waals surface area contributed by atoms with Crippen LogP contribution < -0.4 is 0 Å². The minimum absolute atomic E-state index is 0.265. The third-order valence-corrected chi connectivity index (χ3v) is 2.75. The van der Waals surface area contributed by atoms with Crippen LogP contribution in [0.4, 0.5) is 0 Å². The average Bonchev–Trinajstić information content (AvgIpc) is 2.75. The lowest BCUT2D eigenvalue weighted by Gasteiger charge is -2.03. The number of ether oxygens (including phenoxy) is 1. The second kappa shape index (κ2) is 5.14. The SMILES string of the molecule is Cn1cc(C(=O)OCc2ccc(Br)cc2)cn1. The number of esters is 1. The zero-order valence-electron chi connectivity index (χ0n) is 9.26. The first-order chi connectivity index (χ1) is 8.15. The van der Waals surface area contributed by atoms with E-state index in [1.54, 1.807) is 17.9 Å². The Kier molecular flexibility index (Phi) is 3.58. The first kappa shape index (κ1) is 11.9. The van der Waals surface area contributed by atoms with Crippen molar-refractivity contribution in [2.75, 3.05) is 0 Å². The van der Waals surface area contributed by atoms with Gasteiger partial charge in [0.15, 0.2) is 0 Å². The maximum atomic E-state index is 11.6. The smallest absolute Gasteiger partial charge is 0.341 e. The highest BCUT2D eigenvalue weighted by Crippen LogP contribution is 2.11. The molecule has 0 amide bonds. The van der Waals surface area contributed by atoms with Gasteiger partial charge in [-0.3, -0.25) is 4.68 Å². The molecule has 0 bridgehead atoms. The summed E-state index contributed by atoms with van der Waals surface area (Å²) >= 11 is 3.35. The molecule has 17 heavy (non-hydrogen) atoms. The van der Waals surface area contributed by atoms with Gasteiger partial charge in [-0.25, -0.2) is 4.79 Å². The first-order valence-electron chi connectivity index (χ1n) is 5.05. The van der Waals surface area contributed by atoms with Gasteiger partial charge in [0.25, 0.3) is 0 Å². The van der Waals surface area contributed by atoms with E-state index >= 15 is 0 Å². The van der Waals surface area contributed by atoms with Crippen molar-refractivity contribution in [1.29, 1.82) is 0 Å². The molecule has 0 fully saturated rings. The van der Waals surface area contributed by atoms with Gasteiger partial charge in [-0.15, -0.1) is 0 Å². The molecular formula is C12H11BrN2O2. The Morgan fingerprint density at radius 1 is 1.41 bits per heavy atom. The topological polar surface area (TPSA) is 44.1 Å². The van der Waals surface area contributed by atoms with Crippen LogP contribution in [-0.4, -0.2) is 15.7 Å². The largest absolute Gasteiger partial charge is 0.457 e. The molecule has 0 aliphatic rings. The summed E-state index contributed by atoms with van der Waals surface area (Å²) in [6.45, 7) is 0.265. The highest BCUT2D eigenvalue weighted by atomic mass is 79.9. The average molecular weight is 295 g/mol. The summed E-state index contributed by atoms with van der Waals surface area (Å²) in [6.07, 6.45) is 3.12. The number of aromatic nitrogens is 2. The summed E-state index contributed by atoms with van der Waals surface area (Å²) < 4.78 is 7.73. The molecule has 0 spiro atoms.